The molecule has 0 amide bonds. The Bertz CT molecular complexity index is 2270. The molecule has 178 valence electrons. The fourth-order valence-corrected chi connectivity index (χ4v) is 6.27. The molecule has 0 radical (unpaired) electrons. The van der Waals surface area contributed by atoms with Gasteiger partial charge < -0.3 is 0 Å². The molecule has 0 saturated carbocycles. The van der Waals surface area contributed by atoms with E-state index in [0.29, 0.717) is 0 Å². The number of aromatic nitrogens is 1. The molecule has 2 heterocycles. The van der Waals surface area contributed by atoms with Crippen molar-refractivity contribution in [2.75, 3.05) is 0 Å². The second kappa shape index (κ2) is 7.77. The normalized spacial score (nSPS) is 11.9. The Labute approximate surface area is 219 Å². The summed E-state index contributed by atoms with van der Waals surface area (Å²) in [6, 6.07) is 42.6. The average Bonchev–Trinajstić information content (AvgIpc) is 3.31. The van der Waals surface area contributed by atoms with Gasteiger partial charge >= 0.3 is 0 Å². The SMILES string of the molecule is Cc1ccc(-c2cccc(-c3cc4c5ccccc5c(=O)n5c6ccccc6c(c3)c45)c2)c2ccccc12. The van der Waals surface area contributed by atoms with Gasteiger partial charge in [-0.15, -0.1) is 0 Å². The van der Waals surface area contributed by atoms with Crippen molar-refractivity contribution in [2.45, 2.75) is 6.92 Å². The summed E-state index contributed by atoms with van der Waals surface area (Å²) >= 11 is 0. The number of aryl methyl sites for hydroxylation is 1. The first-order chi connectivity index (χ1) is 18.7. The fourth-order valence-electron chi connectivity index (χ4n) is 6.27. The van der Waals surface area contributed by atoms with E-state index in [0.717, 1.165) is 49.1 Å². The molecule has 8 aromatic rings. The summed E-state index contributed by atoms with van der Waals surface area (Å²) in [5, 5.41) is 7.63. The highest BCUT2D eigenvalue weighted by Gasteiger charge is 2.18. The average molecular weight is 486 g/mol. The van der Waals surface area contributed by atoms with Crippen LogP contribution in [0.3, 0.4) is 0 Å². The van der Waals surface area contributed by atoms with Crippen molar-refractivity contribution in [2.24, 2.45) is 0 Å². The lowest BCUT2D eigenvalue weighted by Gasteiger charge is -2.12. The third kappa shape index (κ3) is 2.86. The van der Waals surface area contributed by atoms with Crippen LogP contribution in [0.1, 0.15) is 5.56 Å². The quantitative estimate of drug-likeness (QED) is 0.224. The van der Waals surface area contributed by atoms with Crippen LogP contribution in [0, 0.1) is 6.92 Å². The molecule has 6 aromatic carbocycles. The molecule has 0 atom stereocenters. The molecule has 0 aliphatic carbocycles. The highest BCUT2D eigenvalue weighted by Crippen LogP contribution is 2.39. The molecule has 0 aliphatic heterocycles. The van der Waals surface area contributed by atoms with Crippen molar-refractivity contribution < 1.29 is 0 Å². The Morgan fingerprint density at radius 2 is 1.11 bits per heavy atom. The van der Waals surface area contributed by atoms with Gasteiger partial charge in [-0.3, -0.25) is 9.20 Å². The second-order valence-electron chi connectivity index (χ2n) is 10.2. The summed E-state index contributed by atoms with van der Waals surface area (Å²) in [5.74, 6) is 0. The predicted octanol–water partition coefficient (Wildman–Crippen LogP) is 8.99. The number of pyridine rings is 1. The maximum absolute atomic E-state index is 13.6. The summed E-state index contributed by atoms with van der Waals surface area (Å²) in [4.78, 5) is 13.6. The Kier molecular flexibility index (Phi) is 4.33. The van der Waals surface area contributed by atoms with Crippen LogP contribution in [-0.2, 0) is 0 Å². The van der Waals surface area contributed by atoms with Gasteiger partial charge in [-0.25, -0.2) is 0 Å². The van der Waals surface area contributed by atoms with Crippen LogP contribution in [0.4, 0.5) is 0 Å². The Morgan fingerprint density at radius 3 is 1.92 bits per heavy atom. The minimum absolute atomic E-state index is 0.0419. The smallest absolute Gasteiger partial charge is 0.263 e. The first kappa shape index (κ1) is 21.2. The van der Waals surface area contributed by atoms with Crippen LogP contribution in [0.5, 0.6) is 0 Å². The lowest BCUT2D eigenvalue weighted by molar-refractivity contribution is 1.21. The van der Waals surface area contributed by atoms with Crippen molar-refractivity contribution in [3.05, 3.63) is 137 Å². The Balaban J connectivity index is 1.45. The lowest BCUT2D eigenvalue weighted by atomic mass is 9.92. The molecular weight excluding hydrogens is 462 g/mol. The molecule has 8 rings (SSSR count). The third-order valence-electron chi connectivity index (χ3n) is 8.07. The van der Waals surface area contributed by atoms with Gasteiger partial charge in [0.05, 0.1) is 11.0 Å². The van der Waals surface area contributed by atoms with Crippen molar-refractivity contribution in [3.8, 4) is 22.3 Å². The largest absolute Gasteiger partial charge is 0.275 e. The van der Waals surface area contributed by atoms with Gasteiger partial charge in [0.2, 0.25) is 0 Å². The highest BCUT2D eigenvalue weighted by molar-refractivity contribution is 6.21. The first-order valence-corrected chi connectivity index (χ1v) is 13.0. The number of rotatable bonds is 2. The van der Waals surface area contributed by atoms with E-state index in [2.05, 4.69) is 97.9 Å². The predicted molar refractivity (Wildman–Crippen MR) is 160 cm³/mol. The van der Waals surface area contributed by atoms with Gasteiger partial charge in [0.15, 0.2) is 0 Å². The van der Waals surface area contributed by atoms with E-state index in [4.69, 9.17) is 0 Å². The molecule has 38 heavy (non-hydrogen) atoms. The van der Waals surface area contributed by atoms with E-state index in [1.54, 1.807) is 0 Å². The van der Waals surface area contributed by atoms with Crippen LogP contribution < -0.4 is 5.56 Å². The van der Waals surface area contributed by atoms with Crippen LogP contribution in [0.15, 0.2) is 126 Å². The second-order valence-corrected chi connectivity index (χ2v) is 10.2. The molecule has 2 nitrogen and oxygen atoms in total. The Morgan fingerprint density at radius 1 is 0.474 bits per heavy atom. The van der Waals surface area contributed by atoms with E-state index < -0.39 is 0 Å². The van der Waals surface area contributed by atoms with E-state index in [1.165, 1.54) is 27.5 Å². The maximum atomic E-state index is 13.6. The summed E-state index contributed by atoms with van der Waals surface area (Å²) in [6.45, 7) is 2.17. The standard InChI is InChI=1S/C36H23NO/c1-22-17-18-27(28-12-3-2-11-26(22)28)24-10-8-9-23(19-24)25-20-32-29-13-4-5-15-31(29)36(38)37-34-16-7-6-14-30(34)33(21-25)35(32)37/h2-21H,1H3. The van der Waals surface area contributed by atoms with E-state index >= 15 is 0 Å². The van der Waals surface area contributed by atoms with Gasteiger partial charge in [0.25, 0.3) is 5.56 Å². The Hall–Kier alpha value is -4.95. The number of benzene rings is 6. The van der Waals surface area contributed by atoms with Crippen molar-refractivity contribution in [1.29, 1.82) is 0 Å². The topological polar surface area (TPSA) is 21.5 Å². The van der Waals surface area contributed by atoms with E-state index in [9.17, 15) is 4.79 Å². The number of hydrogen-bond acceptors (Lipinski definition) is 1. The van der Waals surface area contributed by atoms with Gasteiger partial charge in [-0.1, -0.05) is 91.0 Å². The number of fused-ring (bicyclic) bond motifs is 6. The first-order valence-electron chi connectivity index (χ1n) is 13.0. The minimum Gasteiger partial charge on any atom is -0.275 e. The molecule has 0 saturated heterocycles. The molecule has 0 bridgehead atoms. The van der Waals surface area contributed by atoms with Crippen LogP contribution in [0.25, 0.3) is 71.0 Å². The minimum atomic E-state index is 0.0419. The van der Waals surface area contributed by atoms with Gasteiger partial charge in [-0.2, -0.15) is 0 Å². The fraction of sp³-hybridized carbons (Fsp3) is 0.0278. The van der Waals surface area contributed by atoms with Crippen molar-refractivity contribution >= 4 is 48.7 Å². The highest BCUT2D eigenvalue weighted by atomic mass is 16.1. The van der Waals surface area contributed by atoms with Gasteiger partial charge in [-0.05, 0) is 81.2 Å². The molecule has 0 unspecified atom stereocenters. The summed E-state index contributed by atoms with van der Waals surface area (Å²) in [7, 11) is 0. The maximum Gasteiger partial charge on any atom is 0.263 e. The number of para-hydroxylation sites is 1. The molecule has 2 aromatic heterocycles. The van der Waals surface area contributed by atoms with Crippen LogP contribution >= 0.6 is 0 Å². The number of nitrogens with zero attached hydrogens (tertiary/aromatic N) is 1. The van der Waals surface area contributed by atoms with Crippen LogP contribution in [-0.4, -0.2) is 4.40 Å². The zero-order valence-electron chi connectivity index (χ0n) is 20.9. The summed E-state index contributed by atoms with van der Waals surface area (Å²) in [5.41, 5.74) is 8.04. The zero-order chi connectivity index (χ0) is 25.4. The third-order valence-corrected chi connectivity index (χ3v) is 8.07. The molecule has 0 aliphatic rings. The lowest BCUT2D eigenvalue weighted by Crippen LogP contribution is -2.12. The van der Waals surface area contributed by atoms with Crippen molar-refractivity contribution in [3.63, 3.8) is 0 Å². The molecule has 2 heteroatoms. The van der Waals surface area contributed by atoms with Crippen LogP contribution in [0.2, 0.25) is 0 Å². The van der Waals surface area contributed by atoms with Gasteiger partial charge in [0.1, 0.15) is 0 Å². The molecule has 0 spiro atoms. The van der Waals surface area contributed by atoms with Crippen molar-refractivity contribution in [1.82, 2.24) is 4.40 Å². The monoisotopic (exact) mass is 485 g/mol. The molecular formula is C36H23NO. The zero-order valence-corrected chi connectivity index (χ0v) is 20.9. The summed E-state index contributed by atoms with van der Waals surface area (Å²) in [6.07, 6.45) is 0. The van der Waals surface area contributed by atoms with E-state index in [1.807, 2.05) is 34.7 Å². The van der Waals surface area contributed by atoms with E-state index in [-0.39, 0.29) is 5.56 Å². The summed E-state index contributed by atoms with van der Waals surface area (Å²) < 4.78 is 1.90. The van der Waals surface area contributed by atoms with Gasteiger partial charge in [0, 0.05) is 21.5 Å². The number of hydrogen-bond donors (Lipinski definition) is 0. The molecule has 0 fully saturated rings. The molecule has 0 N–H and O–H groups in total.